The predicted molar refractivity (Wildman–Crippen MR) is 103 cm³/mol. The van der Waals surface area contributed by atoms with Crippen molar-refractivity contribution in [3.05, 3.63) is 30.0 Å². The summed E-state index contributed by atoms with van der Waals surface area (Å²) in [7, 11) is 0. The quantitative estimate of drug-likeness (QED) is 0.749. The highest BCUT2D eigenvalue weighted by atomic mass is 16.5. The summed E-state index contributed by atoms with van der Waals surface area (Å²) in [5.41, 5.74) is 8.32. The minimum atomic E-state index is -0.421. The maximum absolute atomic E-state index is 11.9. The van der Waals surface area contributed by atoms with Gasteiger partial charge < -0.3 is 15.8 Å². The van der Waals surface area contributed by atoms with Crippen LogP contribution in [-0.4, -0.2) is 33.0 Å². The van der Waals surface area contributed by atoms with Gasteiger partial charge in [0.25, 0.3) is 0 Å². The second-order valence-electron chi connectivity index (χ2n) is 7.26. The number of nitrogens with one attached hydrogen (secondary N) is 1. The van der Waals surface area contributed by atoms with Gasteiger partial charge in [0.1, 0.15) is 5.52 Å². The molecule has 7 heteroatoms. The molecular formula is C19H25N5O2. The van der Waals surface area contributed by atoms with Gasteiger partial charge in [-0.05, 0) is 33.8 Å². The Morgan fingerprint density at radius 3 is 2.73 bits per heavy atom. The van der Waals surface area contributed by atoms with Crippen LogP contribution in [0, 0.1) is 0 Å². The first-order valence-electron chi connectivity index (χ1n) is 8.78. The third kappa shape index (κ3) is 3.56. The standard InChI is InChI=1S/C19H25N5O2/c1-5-24-14(10-11-26-18(25)22-19(2,3)4)15-12-8-6-7-9-13(12)21-17(20)16(15)23-24/h6-9H,5,10-11H2,1-4H3,(H2,20,21)(H,22,25). The monoisotopic (exact) mass is 355 g/mol. The SMILES string of the molecule is CCn1nc2c(N)nc3ccccc3c2c1CCOC(=O)NC(C)(C)C. The Bertz CT molecular complexity index is 956. The largest absolute Gasteiger partial charge is 0.449 e. The maximum Gasteiger partial charge on any atom is 0.407 e. The van der Waals surface area contributed by atoms with E-state index in [2.05, 4.69) is 15.4 Å². The molecule has 3 rings (SSSR count). The van der Waals surface area contributed by atoms with E-state index in [0.717, 1.165) is 22.0 Å². The molecule has 2 heterocycles. The summed E-state index contributed by atoms with van der Waals surface area (Å²) in [6.45, 7) is 8.72. The van der Waals surface area contributed by atoms with E-state index < -0.39 is 6.09 Å². The zero-order valence-corrected chi connectivity index (χ0v) is 15.7. The van der Waals surface area contributed by atoms with Crippen LogP contribution in [0.1, 0.15) is 33.4 Å². The van der Waals surface area contributed by atoms with Gasteiger partial charge in [0.15, 0.2) is 5.82 Å². The van der Waals surface area contributed by atoms with Crippen LogP contribution in [0.2, 0.25) is 0 Å². The average molecular weight is 355 g/mol. The van der Waals surface area contributed by atoms with Gasteiger partial charge in [-0.15, -0.1) is 0 Å². The number of alkyl carbamates (subject to hydrolysis) is 1. The van der Waals surface area contributed by atoms with Crippen molar-refractivity contribution in [2.75, 3.05) is 12.3 Å². The number of nitrogens with zero attached hydrogens (tertiary/aromatic N) is 3. The molecule has 0 bridgehead atoms. The second kappa shape index (κ2) is 6.82. The molecule has 0 atom stereocenters. The summed E-state index contributed by atoms with van der Waals surface area (Å²) in [6.07, 6.45) is 0.130. The van der Waals surface area contributed by atoms with E-state index in [1.54, 1.807) is 0 Å². The Morgan fingerprint density at radius 2 is 2.04 bits per heavy atom. The molecule has 1 aromatic carbocycles. The zero-order chi connectivity index (χ0) is 18.9. The first kappa shape index (κ1) is 18.0. The van der Waals surface area contributed by atoms with Crippen molar-refractivity contribution >= 4 is 33.7 Å². The number of rotatable bonds is 4. The maximum atomic E-state index is 11.9. The van der Waals surface area contributed by atoms with Gasteiger partial charge in [0, 0.05) is 29.3 Å². The fraction of sp³-hybridized carbons (Fsp3) is 0.421. The van der Waals surface area contributed by atoms with Crippen LogP contribution in [0.25, 0.3) is 21.8 Å². The van der Waals surface area contributed by atoms with E-state index >= 15 is 0 Å². The van der Waals surface area contributed by atoms with E-state index in [0.29, 0.717) is 24.3 Å². The lowest BCUT2D eigenvalue weighted by Gasteiger charge is -2.20. The van der Waals surface area contributed by atoms with Crippen LogP contribution in [0.4, 0.5) is 10.6 Å². The number of hydrogen-bond donors (Lipinski definition) is 2. The van der Waals surface area contributed by atoms with Crippen LogP contribution in [0.3, 0.4) is 0 Å². The number of ether oxygens (including phenoxy) is 1. The number of nitrogen functional groups attached to an aromatic ring is 1. The van der Waals surface area contributed by atoms with Crippen molar-refractivity contribution in [2.45, 2.75) is 46.2 Å². The fourth-order valence-electron chi connectivity index (χ4n) is 3.02. The number of carbonyl (C=O) groups excluding carboxylic acids is 1. The summed E-state index contributed by atoms with van der Waals surface area (Å²) in [4.78, 5) is 16.3. The first-order valence-corrected chi connectivity index (χ1v) is 8.78. The first-order chi connectivity index (χ1) is 12.3. The Hall–Kier alpha value is -2.83. The van der Waals surface area contributed by atoms with E-state index in [1.807, 2.05) is 56.6 Å². The number of amides is 1. The van der Waals surface area contributed by atoms with Crippen molar-refractivity contribution in [3.8, 4) is 0 Å². The van der Waals surface area contributed by atoms with Gasteiger partial charge >= 0.3 is 6.09 Å². The number of anilines is 1. The Labute approximate surface area is 152 Å². The van der Waals surface area contributed by atoms with E-state index in [4.69, 9.17) is 10.5 Å². The molecule has 7 nitrogen and oxygen atoms in total. The molecule has 0 aliphatic rings. The lowest BCUT2D eigenvalue weighted by molar-refractivity contribution is 0.138. The lowest BCUT2D eigenvalue weighted by atomic mass is 10.1. The van der Waals surface area contributed by atoms with Crippen LogP contribution in [0.5, 0.6) is 0 Å². The summed E-state index contributed by atoms with van der Waals surface area (Å²) >= 11 is 0. The molecule has 0 saturated heterocycles. The van der Waals surface area contributed by atoms with Gasteiger partial charge in [0.05, 0.1) is 17.8 Å². The minimum Gasteiger partial charge on any atom is -0.449 e. The molecule has 138 valence electrons. The highest BCUT2D eigenvalue weighted by Gasteiger charge is 2.18. The van der Waals surface area contributed by atoms with Crippen molar-refractivity contribution in [1.82, 2.24) is 20.1 Å². The second-order valence-corrected chi connectivity index (χ2v) is 7.26. The normalized spacial score (nSPS) is 11.8. The summed E-state index contributed by atoms with van der Waals surface area (Å²) in [6, 6.07) is 7.86. The molecule has 0 unspecified atom stereocenters. The summed E-state index contributed by atoms with van der Waals surface area (Å²) in [5.74, 6) is 0.415. The highest BCUT2D eigenvalue weighted by molar-refractivity contribution is 6.09. The number of aryl methyl sites for hydroxylation is 1. The van der Waals surface area contributed by atoms with E-state index in [-0.39, 0.29) is 12.1 Å². The van der Waals surface area contributed by atoms with Gasteiger partial charge in [-0.3, -0.25) is 4.68 Å². The summed E-state index contributed by atoms with van der Waals surface area (Å²) < 4.78 is 7.25. The Morgan fingerprint density at radius 1 is 1.31 bits per heavy atom. The third-order valence-corrected chi connectivity index (χ3v) is 4.06. The average Bonchev–Trinajstić information content (AvgIpc) is 2.93. The van der Waals surface area contributed by atoms with Crippen molar-refractivity contribution in [3.63, 3.8) is 0 Å². The van der Waals surface area contributed by atoms with E-state index in [1.165, 1.54) is 0 Å². The number of hydrogen-bond acceptors (Lipinski definition) is 5. The smallest absolute Gasteiger partial charge is 0.407 e. The van der Waals surface area contributed by atoms with Crippen LogP contribution >= 0.6 is 0 Å². The van der Waals surface area contributed by atoms with Crippen molar-refractivity contribution in [1.29, 1.82) is 0 Å². The molecular weight excluding hydrogens is 330 g/mol. The zero-order valence-electron chi connectivity index (χ0n) is 15.7. The molecule has 2 aromatic heterocycles. The number of aromatic nitrogens is 3. The molecule has 1 amide bonds. The molecule has 0 aliphatic carbocycles. The number of benzene rings is 1. The Balaban J connectivity index is 1.93. The number of fused-ring (bicyclic) bond motifs is 3. The molecule has 0 spiro atoms. The number of para-hydroxylation sites is 1. The van der Waals surface area contributed by atoms with Crippen LogP contribution < -0.4 is 11.1 Å². The molecule has 0 saturated carbocycles. The lowest BCUT2D eigenvalue weighted by Crippen LogP contribution is -2.41. The number of pyridine rings is 1. The van der Waals surface area contributed by atoms with Crippen LogP contribution in [0.15, 0.2) is 24.3 Å². The predicted octanol–water partition coefficient (Wildman–Crippen LogP) is 3.25. The van der Waals surface area contributed by atoms with Crippen molar-refractivity contribution < 1.29 is 9.53 Å². The number of carbonyl (C=O) groups is 1. The van der Waals surface area contributed by atoms with Gasteiger partial charge in [0.2, 0.25) is 0 Å². The minimum absolute atomic E-state index is 0.263. The van der Waals surface area contributed by atoms with Crippen molar-refractivity contribution in [2.24, 2.45) is 0 Å². The fourth-order valence-corrected chi connectivity index (χ4v) is 3.02. The molecule has 3 N–H and O–H groups in total. The Kier molecular flexibility index (Phi) is 4.71. The highest BCUT2D eigenvalue weighted by Crippen LogP contribution is 2.30. The molecule has 0 aliphatic heterocycles. The van der Waals surface area contributed by atoms with E-state index in [9.17, 15) is 4.79 Å². The number of nitrogens with two attached hydrogens (primary N) is 1. The topological polar surface area (TPSA) is 95.1 Å². The van der Waals surface area contributed by atoms with Crippen LogP contribution in [-0.2, 0) is 17.7 Å². The molecule has 26 heavy (non-hydrogen) atoms. The molecule has 3 aromatic rings. The molecule has 0 fully saturated rings. The van der Waals surface area contributed by atoms with Gasteiger partial charge in [-0.25, -0.2) is 9.78 Å². The summed E-state index contributed by atoms with van der Waals surface area (Å²) in [5, 5.41) is 9.39. The van der Waals surface area contributed by atoms with Gasteiger partial charge in [-0.1, -0.05) is 18.2 Å². The molecule has 0 radical (unpaired) electrons. The van der Waals surface area contributed by atoms with Gasteiger partial charge in [-0.2, -0.15) is 5.10 Å². The third-order valence-electron chi connectivity index (χ3n) is 4.06.